The van der Waals surface area contributed by atoms with Crippen LogP contribution in [0.2, 0.25) is 0 Å². The number of amides is 1. The summed E-state index contributed by atoms with van der Waals surface area (Å²) in [7, 11) is 0. The lowest BCUT2D eigenvalue weighted by Crippen LogP contribution is -2.17. The second-order valence-corrected chi connectivity index (χ2v) is 7.15. The van der Waals surface area contributed by atoms with E-state index in [-0.39, 0.29) is 22.6 Å². The van der Waals surface area contributed by atoms with Crippen LogP contribution in [0, 0.1) is 10.1 Å². The van der Waals surface area contributed by atoms with E-state index in [1.807, 2.05) is 18.2 Å². The molecular formula is C25H17N3O6. The SMILES string of the molecule is O=C(N/N=C\c1ccc(OC(=O)c2cccc3ccccc23)c([N+](=O)[O-])c1)c1cccc(O)c1. The van der Waals surface area contributed by atoms with Crippen molar-refractivity contribution < 1.29 is 24.4 Å². The van der Waals surface area contributed by atoms with E-state index in [0.717, 1.165) is 5.39 Å². The van der Waals surface area contributed by atoms with Gasteiger partial charge in [0, 0.05) is 17.2 Å². The molecule has 0 aromatic heterocycles. The summed E-state index contributed by atoms with van der Waals surface area (Å²) >= 11 is 0. The number of nitro benzene ring substituents is 1. The summed E-state index contributed by atoms with van der Waals surface area (Å²) in [6.07, 6.45) is 1.21. The summed E-state index contributed by atoms with van der Waals surface area (Å²) in [5.74, 6) is -1.58. The molecule has 9 nitrogen and oxygen atoms in total. The summed E-state index contributed by atoms with van der Waals surface area (Å²) in [6, 6.07) is 22.0. The fraction of sp³-hybridized carbons (Fsp3) is 0. The van der Waals surface area contributed by atoms with E-state index in [4.69, 9.17) is 4.74 Å². The summed E-state index contributed by atoms with van der Waals surface area (Å²) in [5.41, 5.74) is 2.62. The fourth-order valence-electron chi connectivity index (χ4n) is 3.28. The number of fused-ring (bicyclic) bond motifs is 1. The molecule has 1 amide bonds. The minimum atomic E-state index is -0.723. The number of carbonyl (C=O) groups is 2. The molecule has 168 valence electrons. The Labute approximate surface area is 193 Å². The first-order valence-corrected chi connectivity index (χ1v) is 10.0. The standard InChI is InChI=1S/C25H17N3O6/c29-19-8-3-7-18(14-19)24(30)27-26-15-16-11-12-23(22(13-16)28(32)33)34-25(31)21-10-4-6-17-5-1-2-9-20(17)21/h1-15,29H,(H,27,30)/b26-15-. The molecule has 0 aliphatic heterocycles. The Morgan fingerprint density at radius 2 is 1.74 bits per heavy atom. The Morgan fingerprint density at radius 1 is 0.971 bits per heavy atom. The number of phenols is 1. The van der Waals surface area contributed by atoms with Crippen molar-refractivity contribution in [2.75, 3.05) is 0 Å². The van der Waals surface area contributed by atoms with Gasteiger partial charge in [-0.1, -0.05) is 42.5 Å². The van der Waals surface area contributed by atoms with Gasteiger partial charge in [-0.05, 0) is 47.2 Å². The van der Waals surface area contributed by atoms with E-state index in [1.165, 1.54) is 48.7 Å². The third kappa shape index (κ3) is 4.89. The number of hydrogen-bond donors (Lipinski definition) is 2. The highest BCUT2D eigenvalue weighted by atomic mass is 16.6. The molecule has 34 heavy (non-hydrogen) atoms. The predicted octanol–water partition coefficient (Wildman–Crippen LogP) is 4.44. The quantitative estimate of drug-likeness (QED) is 0.145. The highest BCUT2D eigenvalue weighted by Crippen LogP contribution is 2.29. The molecule has 0 spiro atoms. The largest absolute Gasteiger partial charge is 0.508 e. The number of ether oxygens (including phenoxy) is 1. The minimum absolute atomic E-state index is 0.0686. The molecule has 0 saturated carbocycles. The second-order valence-electron chi connectivity index (χ2n) is 7.15. The van der Waals surface area contributed by atoms with E-state index >= 15 is 0 Å². The van der Waals surface area contributed by atoms with Crippen molar-refractivity contribution in [1.82, 2.24) is 5.43 Å². The number of hydrogen-bond acceptors (Lipinski definition) is 7. The minimum Gasteiger partial charge on any atom is -0.508 e. The Hall–Kier alpha value is -5.05. The van der Waals surface area contributed by atoms with Crippen LogP contribution in [0.4, 0.5) is 5.69 Å². The van der Waals surface area contributed by atoms with Crippen molar-refractivity contribution in [3.05, 3.63) is 112 Å². The maximum atomic E-state index is 12.8. The topological polar surface area (TPSA) is 131 Å². The van der Waals surface area contributed by atoms with Crippen molar-refractivity contribution in [3.8, 4) is 11.5 Å². The number of nitrogens with zero attached hydrogens (tertiary/aromatic N) is 2. The van der Waals surface area contributed by atoms with Crippen LogP contribution in [0.1, 0.15) is 26.3 Å². The average molecular weight is 455 g/mol. The molecule has 0 aliphatic carbocycles. The first-order valence-electron chi connectivity index (χ1n) is 10.0. The van der Waals surface area contributed by atoms with Gasteiger partial charge in [0.05, 0.1) is 16.7 Å². The number of nitrogens with one attached hydrogen (secondary N) is 1. The van der Waals surface area contributed by atoms with Crippen molar-refractivity contribution >= 4 is 34.6 Å². The predicted molar refractivity (Wildman–Crippen MR) is 125 cm³/mol. The molecule has 0 heterocycles. The van der Waals surface area contributed by atoms with Crippen LogP contribution in [0.15, 0.2) is 90.0 Å². The van der Waals surface area contributed by atoms with Crippen LogP contribution in [-0.2, 0) is 0 Å². The van der Waals surface area contributed by atoms with Gasteiger partial charge in [-0.3, -0.25) is 14.9 Å². The van der Waals surface area contributed by atoms with Crippen LogP contribution in [-0.4, -0.2) is 28.1 Å². The maximum absolute atomic E-state index is 12.8. The number of benzene rings is 4. The van der Waals surface area contributed by atoms with Gasteiger partial charge < -0.3 is 9.84 Å². The van der Waals surface area contributed by atoms with Gasteiger partial charge in [0.1, 0.15) is 5.75 Å². The zero-order valence-electron chi connectivity index (χ0n) is 17.5. The Kier molecular flexibility index (Phi) is 6.26. The lowest BCUT2D eigenvalue weighted by molar-refractivity contribution is -0.385. The molecule has 0 unspecified atom stereocenters. The average Bonchev–Trinajstić information content (AvgIpc) is 2.84. The number of hydrazone groups is 1. The molecule has 0 aliphatic rings. The Morgan fingerprint density at radius 3 is 2.53 bits per heavy atom. The van der Waals surface area contributed by atoms with Crippen molar-refractivity contribution in [2.24, 2.45) is 5.10 Å². The van der Waals surface area contributed by atoms with Gasteiger partial charge in [0.2, 0.25) is 5.75 Å². The van der Waals surface area contributed by atoms with Crippen molar-refractivity contribution in [2.45, 2.75) is 0 Å². The van der Waals surface area contributed by atoms with E-state index < -0.39 is 22.5 Å². The molecule has 0 saturated heterocycles. The molecular weight excluding hydrogens is 438 g/mol. The maximum Gasteiger partial charge on any atom is 0.344 e. The number of aromatic hydroxyl groups is 1. The first-order chi connectivity index (χ1) is 16.4. The lowest BCUT2D eigenvalue weighted by Gasteiger charge is -2.08. The highest BCUT2D eigenvalue weighted by Gasteiger charge is 2.20. The second kappa shape index (κ2) is 9.61. The number of carbonyl (C=O) groups excluding carboxylic acids is 2. The number of phenolic OH excluding ortho intramolecular Hbond substituents is 1. The van der Waals surface area contributed by atoms with Crippen molar-refractivity contribution in [3.63, 3.8) is 0 Å². The van der Waals surface area contributed by atoms with E-state index in [0.29, 0.717) is 10.9 Å². The molecule has 0 radical (unpaired) electrons. The molecule has 4 aromatic carbocycles. The molecule has 0 atom stereocenters. The summed E-state index contributed by atoms with van der Waals surface area (Å²) in [5, 5.41) is 26.3. The van der Waals surface area contributed by atoms with Crippen LogP contribution in [0.3, 0.4) is 0 Å². The molecule has 2 N–H and O–H groups in total. The van der Waals surface area contributed by atoms with Gasteiger partial charge in [0.15, 0.2) is 0 Å². The lowest BCUT2D eigenvalue weighted by atomic mass is 10.0. The molecule has 4 rings (SSSR count). The normalized spacial score (nSPS) is 10.8. The van der Waals surface area contributed by atoms with E-state index in [1.54, 1.807) is 24.3 Å². The number of esters is 1. The molecule has 9 heteroatoms. The summed E-state index contributed by atoms with van der Waals surface area (Å²) in [6.45, 7) is 0. The van der Waals surface area contributed by atoms with E-state index in [9.17, 15) is 24.8 Å². The third-order valence-corrected chi connectivity index (χ3v) is 4.88. The van der Waals surface area contributed by atoms with Crippen LogP contribution >= 0.6 is 0 Å². The Balaban J connectivity index is 1.52. The number of nitro groups is 1. The summed E-state index contributed by atoms with van der Waals surface area (Å²) < 4.78 is 5.35. The molecule has 4 aromatic rings. The van der Waals surface area contributed by atoms with Gasteiger partial charge in [-0.2, -0.15) is 5.10 Å². The number of rotatable bonds is 6. The fourth-order valence-corrected chi connectivity index (χ4v) is 3.28. The zero-order chi connectivity index (χ0) is 24.1. The van der Waals surface area contributed by atoms with Crippen LogP contribution in [0.5, 0.6) is 11.5 Å². The zero-order valence-corrected chi connectivity index (χ0v) is 17.5. The van der Waals surface area contributed by atoms with E-state index in [2.05, 4.69) is 10.5 Å². The molecule has 0 fully saturated rings. The van der Waals surface area contributed by atoms with Crippen molar-refractivity contribution in [1.29, 1.82) is 0 Å². The first kappa shape index (κ1) is 22.2. The van der Waals surface area contributed by atoms with Crippen LogP contribution in [0.25, 0.3) is 10.8 Å². The smallest absolute Gasteiger partial charge is 0.344 e. The van der Waals surface area contributed by atoms with Gasteiger partial charge in [-0.25, -0.2) is 10.2 Å². The Bertz CT molecular complexity index is 1440. The summed E-state index contributed by atoms with van der Waals surface area (Å²) in [4.78, 5) is 35.7. The van der Waals surface area contributed by atoms with Gasteiger partial charge >= 0.3 is 11.7 Å². The monoisotopic (exact) mass is 455 g/mol. The van der Waals surface area contributed by atoms with Crippen LogP contribution < -0.4 is 10.2 Å². The molecule has 0 bridgehead atoms. The van der Waals surface area contributed by atoms with Gasteiger partial charge in [-0.15, -0.1) is 0 Å². The third-order valence-electron chi connectivity index (χ3n) is 4.88. The van der Waals surface area contributed by atoms with Gasteiger partial charge in [0.25, 0.3) is 5.91 Å². The highest BCUT2D eigenvalue weighted by molar-refractivity contribution is 6.05.